The summed E-state index contributed by atoms with van der Waals surface area (Å²) < 4.78 is 11.5. The van der Waals surface area contributed by atoms with Crippen LogP contribution in [-0.4, -0.2) is 43.8 Å². The molecule has 116 valence electrons. The molecule has 1 atom stereocenters. The topological polar surface area (TPSA) is 33.7 Å². The molecule has 2 heterocycles. The molecule has 1 N–H and O–H groups in total. The molecule has 4 nitrogen and oxygen atoms in total. The van der Waals surface area contributed by atoms with Crippen molar-refractivity contribution in [3.8, 4) is 11.5 Å². The zero-order chi connectivity index (χ0) is 14.7. The highest BCUT2D eigenvalue weighted by atomic mass is 16.5. The van der Waals surface area contributed by atoms with E-state index in [9.17, 15) is 0 Å². The molecule has 21 heavy (non-hydrogen) atoms. The molecule has 0 aromatic heterocycles. The van der Waals surface area contributed by atoms with Gasteiger partial charge in [0.2, 0.25) is 0 Å². The SMILES string of the molecule is CCOc1cc2c(cc1OCC)CN(C1CCNC1)CC2. The zero-order valence-electron chi connectivity index (χ0n) is 13.2. The van der Waals surface area contributed by atoms with Crippen molar-refractivity contribution in [2.24, 2.45) is 0 Å². The summed E-state index contributed by atoms with van der Waals surface area (Å²) in [4.78, 5) is 2.61. The lowest BCUT2D eigenvalue weighted by Crippen LogP contribution is -2.40. The van der Waals surface area contributed by atoms with Crippen molar-refractivity contribution in [2.75, 3.05) is 32.8 Å². The predicted octanol–water partition coefficient (Wildman–Crippen LogP) is 2.20. The number of nitrogens with one attached hydrogen (secondary N) is 1. The maximum atomic E-state index is 5.76. The summed E-state index contributed by atoms with van der Waals surface area (Å²) in [6, 6.07) is 5.08. The van der Waals surface area contributed by atoms with Gasteiger partial charge in [0.15, 0.2) is 11.5 Å². The third kappa shape index (κ3) is 3.16. The van der Waals surface area contributed by atoms with E-state index in [1.807, 2.05) is 13.8 Å². The Kier molecular flexibility index (Phi) is 4.66. The van der Waals surface area contributed by atoms with Crippen molar-refractivity contribution in [3.05, 3.63) is 23.3 Å². The van der Waals surface area contributed by atoms with E-state index in [4.69, 9.17) is 9.47 Å². The van der Waals surface area contributed by atoms with Crippen LogP contribution in [0.25, 0.3) is 0 Å². The minimum atomic E-state index is 0.676. The minimum Gasteiger partial charge on any atom is -0.490 e. The highest BCUT2D eigenvalue weighted by Crippen LogP contribution is 2.34. The Hall–Kier alpha value is -1.26. The summed E-state index contributed by atoms with van der Waals surface area (Å²) >= 11 is 0. The number of rotatable bonds is 5. The smallest absolute Gasteiger partial charge is 0.161 e. The second-order valence-corrected chi connectivity index (χ2v) is 5.80. The van der Waals surface area contributed by atoms with Crippen molar-refractivity contribution < 1.29 is 9.47 Å². The van der Waals surface area contributed by atoms with Gasteiger partial charge in [-0.15, -0.1) is 0 Å². The van der Waals surface area contributed by atoms with Crippen LogP contribution in [0.2, 0.25) is 0 Å². The van der Waals surface area contributed by atoms with Crippen LogP contribution in [0, 0.1) is 0 Å². The van der Waals surface area contributed by atoms with E-state index in [1.54, 1.807) is 0 Å². The second kappa shape index (κ2) is 6.67. The van der Waals surface area contributed by atoms with E-state index in [-0.39, 0.29) is 0 Å². The molecule has 4 heteroatoms. The maximum absolute atomic E-state index is 5.76. The third-order valence-electron chi connectivity index (χ3n) is 4.46. The van der Waals surface area contributed by atoms with Gasteiger partial charge in [0.05, 0.1) is 13.2 Å². The second-order valence-electron chi connectivity index (χ2n) is 5.80. The molecule has 1 fully saturated rings. The van der Waals surface area contributed by atoms with Crippen LogP contribution in [0.15, 0.2) is 12.1 Å². The highest BCUT2D eigenvalue weighted by molar-refractivity contribution is 5.48. The van der Waals surface area contributed by atoms with Gasteiger partial charge in [-0.1, -0.05) is 0 Å². The summed E-state index contributed by atoms with van der Waals surface area (Å²) in [5.41, 5.74) is 2.82. The molecule has 3 rings (SSSR count). The molecular formula is C17H26N2O2. The van der Waals surface area contributed by atoms with Crippen molar-refractivity contribution in [2.45, 2.75) is 39.3 Å². The Bertz CT molecular complexity index is 484. The average Bonchev–Trinajstić information content (AvgIpc) is 3.02. The number of fused-ring (bicyclic) bond motifs is 1. The van der Waals surface area contributed by atoms with Crippen LogP contribution in [0.3, 0.4) is 0 Å². The van der Waals surface area contributed by atoms with Gasteiger partial charge in [0, 0.05) is 25.7 Å². The van der Waals surface area contributed by atoms with Gasteiger partial charge in [0.25, 0.3) is 0 Å². The first-order chi connectivity index (χ1) is 10.3. The van der Waals surface area contributed by atoms with E-state index < -0.39 is 0 Å². The van der Waals surface area contributed by atoms with Crippen LogP contribution < -0.4 is 14.8 Å². The fraction of sp³-hybridized carbons (Fsp3) is 0.647. The molecule has 0 bridgehead atoms. The van der Waals surface area contributed by atoms with Crippen LogP contribution in [-0.2, 0) is 13.0 Å². The molecular weight excluding hydrogens is 264 g/mol. The van der Waals surface area contributed by atoms with Crippen LogP contribution in [0.5, 0.6) is 11.5 Å². The first-order valence-electron chi connectivity index (χ1n) is 8.18. The van der Waals surface area contributed by atoms with E-state index >= 15 is 0 Å². The van der Waals surface area contributed by atoms with Gasteiger partial charge in [0.1, 0.15) is 0 Å². The number of hydrogen-bond acceptors (Lipinski definition) is 4. The van der Waals surface area contributed by atoms with Crippen molar-refractivity contribution in [1.29, 1.82) is 0 Å². The lowest BCUT2D eigenvalue weighted by molar-refractivity contribution is 0.189. The van der Waals surface area contributed by atoms with Gasteiger partial charge in [-0.3, -0.25) is 4.90 Å². The molecule has 1 aromatic carbocycles. The molecule has 2 aliphatic rings. The number of benzene rings is 1. The Morgan fingerprint density at radius 3 is 2.48 bits per heavy atom. The molecule has 2 aliphatic heterocycles. The predicted molar refractivity (Wildman–Crippen MR) is 84.2 cm³/mol. The van der Waals surface area contributed by atoms with Gasteiger partial charge in [-0.05, 0) is 56.5 Å². The molecule has 1 aromatic rings. The Morgan fingerprint density at radius 1 is 1.14 bits per heavy atom. The van der Waals surface area contributed by atoms with Gasteiger partial charge >= 0.3 is 0 Å². The first-order valence-corrected chi connectivity index (χ1v) is 8.18. The fourth-order valence-corrected chi connectivity index (χ4v) is 3.39. The molecule has 0 amide bonds. The standard InChI is InChI=1S/C17H26N2O2/c1-3-20-16-9-13-6-8-19(15-5-7-18-11-15)12-14(13)10-17(16)21-4-2/h9-10,15,18H,3-8,11-12H2,1-2H3. The van der Waals surface area contributed by atoms with E-state index in [0.717, 1.165) is 44.1 Å². The maximum Gasteiger partial charge on any atom is 0.161 e. The quantitative estimate of drug-likeness (QED) is 0.901. The van der Waals surface area contributed by atoms with E-state index in [0.29, 0.717) is 19.3 Å². The van der Waals surface area contributed by atoms with E-state index in [2.05, 4.69) is 22.3 Å². The van der Waals surface area contributed by atoms with Crippen molar-refractivity contribution in [1.82, 2.24) is 10.2 Å². The van der Waals surface area contributed by atoms with Gasteiger partial charge < -0.3 is 14.8 Å². The molecule has 0 aliphatic carbocycles. The van der Waals surface area contributed by atoms with Gasteiger partial charge in [-0.2, -0.15) is 0 Å². The van der Waals surface area contributed by atoms with Gasteiger partial charge in [-0.25, -0.2) is 0 Å². The lowest BCUT2D eigenvalue weighted by Gasteiger charge is -2.33. The van der Waals surface area contributed by atoms with Crippen molar-refractivity contribution in [3.63, 3.8) is 0 Å². The highest BCUT2D eigenvalue weighted by Gasteiger charge is 2.26. The molecule has 0 spiro atoms. The molecule has 1 unspecified atom stereocenters. The molecule has 0 saturated carbocycles. The summed E-state index contributed by atoms with van der Waals surface area (Å²) in [7, 11) is 0. The molecule has 1 saturated heterocycles. The summed E-state index contributed by atoms with van der Waals surface area (Å²) in [6.45, 7) is 9.86. The lowest BCUT2D eigenvalue weighted by atomic mass is 9.97. The van der Waals surface area contributed by atoms with Crippen LogP contribution in [0.4, 0.5) is 0 Å². The number of hydrogen-bond donors (Lipinski definition) is 1. The average molecular weight is 290 g/mol. The number of nitrogens with zero attached hydrogens (tertiary/aromatic N) is 1. The fourth-order valence-electron chi connectivity index (χ4n) is 3.39. The summed E-state index contributed by atoms with van der Waals surface area (Å²) in [5.74, 6) is 1.79. The van der Waals surface area contributed by atoms with Crippen molar-refractivity contribution >= 4 is 0 Å². The van der Waals surface area contributed by atoms with Crippen LogP contribution in [0.1, 0.15) is 31.4 Å². The van der Waals surface area contributed by atoms with Crippen LogP contribution >= 0.6 is 0 Å². The summed E-state index contributed by atoms with van der Waals surface area (Å²) in [6.07, 6.45) is 2.38. The normalized spacial score (nSPS) is 22.1. The Morgan fingerprint density at radius 2 is 1.86 bits per heavy atom. The third-order valence-corrected chi connectivity index (χ3v) is 4.46. The Labute approximate surface area is 127 Å². The largest absolute Gasteiger partial charge is 0.490 e. The summed E-state index contributed by atoms with van der Waals surface area (Å²) in [5, 5.41) is 3.46. The van der Waals surface area contributed by atoms with E-state index in [1.165, 1.54) is 17.5 Å². The molecule has 0 radical (unpaired) electrons. The minimum absolute atomic E-state index is 0.676. The Balaban J connectivity index is 1.81. The monoisotopic (exact) mass is 290 g/mol. The number of ether oxygens (including phenoxy) is 2. The first kappa shape index (κ1) is 14.7. The zero-order valence-corrected chi connectivity index (χ0v) is 13.2.